The summed E-state index contributed by atoms with van der Waals surface area (Å²) >= 11 is 5.59. The van der Waals surface area contributed by atoms with E-state index >= 15 is 0 Å². The fourth-order valence-corrected chi connectivity index (χ4v) is 2.10. The number of anilines is 3. The lowest BCUT2D eigenvalue weighted by Gasteiger charge is -2.12. The molecule has 22 heavy (non-hydrogen) atoms. The second-order valence-electron chi connectivity index (χ2n) is 5.00. The van der Waals surface area contributed by atoms with Gasteiger partial charge in [0.05, 0.1) is 10.6 Å². The molecular weight excluding hydrogens is 317 g/mol. The van der Waals surface area contributed by atoms with E-state index in [1.807, 2.05) is 0 Å². The Balaban J connectivity index is 1.80. The number of aromatic nitrogens is 2. The predicted molar refractivity (Wildman–Crippen MR) is 78.4 cm³/mol. The molecule has 4 nitrogen and oxygen atoms in total. The molecule has 1 aliphatic carbocycles. The molecule has 0 atom stereocenters. The van der Waals surface area contributed by atoms with Gasteiger partial charge in [-0.2, -0.15) is 18.2 Å². The van der Waals surface area contributed by atoms with Gasteiger partial charge in [-0.15, -0.1) is 0 Å². The number of hydrogen-bond donors (Lipinski definition) is 2. The Morgan fingerprint density at radius 1 is 1.18 bits per heavy atom. The predicted octanol–water partition coefficient (Wildman–Crippen LogP) is 4.47. The maximum absolute atomic E-state index is 12.8. The van der Waals surface area contributed by atoms with Crippen LogP contribution in [0.3, 0.4) is 0 Å². The van der Waals surface area contributed by atoms with Gasteiger partial charge < -0.3 is 10.6 Å². The largest absolute Gasteiger partial charge is 0.417 e. The summed E-state index contributed by atoms with van der Waals surface area (Å²) < 4.78 is 38.5. The van der Waals surface area contributed by atoms with E-state index < -0.39 is 11.7 Å². The van der Waals surface area contributed by atoms with Gasteiger partial charge in [0.2, 0.25) is 5.95 Å². The van der Waals surface area contributed by atoms with Gasteiger partial charge in [0.15, 0.2) is 0 Å². The van der Waals surface area contributed by atoms with E-state index in [1.54, 1.807) is 12.3 Å². The summed E-state index contributed by atoms with van der Waals surface area (Å²) in [5, 5.41) is 5.62. The van der Waals surface area contributed by atoms with E-state index in [4.69, 9.17) is 11.6 Å². The summed E-state index contributed by atoms with van der Waals surface area (Å²) in [6.07, 6.45) is -0.806. The molecule has 0 aliphatic heterocycles. The topological polar surface area (TPSA) is 49.8 Å². The van der Waals surface area contributed by atoms with Crippen LogP contribution < -0.4 is 10.6 Å². The molecule has 0 unspecified atom stereocenters. The zero-order valence-corrected chi connectivity index (χ0v) is 12.0. The van der Waals surface area contributed by atoms with E-state index in [0.717, 1.165) is 18.9 Å². The summed E-state index contributed by atoms with van der Waals surface area (Å²) in [7, 11) is 0. The smallest absolute Gasteiger partial charge is 0.351 e. The monoisotopic (exact) mass is 328 g/mol. The molecule has 0 amide bonds. The SMILES string of the molecule is FC(F)(F)c1cc(Nc2ccnc(NC3CC3)n2)ccc1Cl. The van der Waals surface area contributed by atoms with Crippen LogP contribution in [0.1, 0.15) is 18.4 Å². The number of hydrogen-bond acceptors (Lipinski definition) is 4. The summed E-state index contributed by atoms with van der Waals surface area (Å²) in [6, 6.07) is 5.60. The zero-order chi connectivity index (χ0) is 15.7. The number of alkyl halides is 3. The molecule has 2 N–H and O–H groups in total. The van der Waals surface area contributed by atoms with Gasteiger partial charge in [-0.3, -0.25) is 0 Å². The highest BCUT2D eigenvalue weighted by Crippen LogP contribution is 2.36. The fourth-order valence-electron chi connectivity index (χ4n) is 1.88. The Bertz CT molecular complexity index is 686. The van der Waals surface area contributed by atoms with Crippen molar-refractivity contribution in [1.29, 1.82) is 0 Å². The molecule has 1 fully saturated rings. The van der Waals surface area contributed by atoms with Crippen LogP contribution in [0.25, 0.3) is 0 Å². The molecule has 2 aromatic rings. The van der Waals surface area contributed by atoms with Crippen LogP contribution in [-0.2, 0) is 6.18 Å². The molecule has 0 saturated heterocycles. The van der Waals surface area contributed by atoms with E-state index in [2.05, 4.69) is 20.6 Å². The Kier molecular flexibility index (Phi) is 3.82. The van der Waals surface area contributed by atoms with E-state index in [1.165, 1.54) is 12.1 Å². The molecule has 1 aromatic heterocycles. The maximum Gasteiger partial charge on any atom is 0.417 e. The molecule has 0 radical (unpaired) electrons. The van der Waals surface area contributed by atoms with Crippen LogP contribution in [0.2, 0.25) is 5.02 Å². The molecule has 1 aromatic carbocycles. The first kappa shape index (κ1) is 14.9. The average Bonchev–Trinajstić information content (AvgIpc) is 3.24. The van der Waals surface area contributed by atoms with Gasteiger partial charge in [-0.1, -0.05) is 11.6 Å². The minimum atomic E-state index is -4.50. The third-order valence-electron chi connectivity index (χ3n) is 3.11. The van der Waals surface area contributed by atoms with Crippen LogP contribution in [0.5, 0.6) is 0 Å². The fraction of sp³-hybridized carbons (Fsp3) is 0.286. The lowest BCUT2D eigenvalue weighted by Crippen LogP contribution is -2.08. The third kappa shape index (κ3) is 3.59. The normalized spacial score (nSPS) is 14.7. The standard InChI is InChI=1S/C14H12ClF3N4/c15-11-4-3-9(7-10(11)14(16,17)18)20-12-5-6-19-13(22-12)21-8-1-2-8/h3-8H,1-2H2,(H2,19,20,21,22). The molecular formula is C14H12ClF3N4. The number of rotatable bonds is 4. The van der Waals surface area contributed by atoms with E-state index in [9.17, 15) is 13.2 Å². The van der Waals surface area contributed by atoms with Crippen LogP contribution in [0, 0.1) is 0 Å². The molecule has 8 heteroatoms. The number of benzene rings is 1. The highest BCUT2D eigenvalue weighted by atomic mass is 35.5. The third-order valence-corrected chi connectivity index (χ3v) is 3.44. The summed E-state index contributed by atoms with van der Waals surface area (Å²) in [6.45, 7) is 0. The highest BCUT2D eigenvalue weighted by Gasteiger charge is 2.33. The first-order valence-electron chi connectivity index (χ1n) is 6.65. The highest BCUT2D eigenvalue weighted by molar-refractivity contribution is 6.31. The van der Waals surface area contributed by atoms with Crippen molar-refractivity contribution in [2.75, 3.05) is 10.6 Å². The minimum absolute atomic E-state index is 0.257. The summed E-state index contributed by atoms with van der Waals surface area (Å²) in [4.78, 5) is 8.28. The maximum atomic E-state index is 12.8. The Hall–Kier alpha value is -2.02. The Morgan fingerprint density at radius 2 is 1.95 bits per heavy atom. The second-order valence-corrected chi connectivity index (χ2v) is 5.41. The molecule has 3 rings (SSSR count). The van der Waals surface area contributed by atoms with Gasteiger partial charge in [-0.05, 0) is 37.1 Å². The van der Waals surface area contributed by atoms with Crippen LogP contribution >= 0.6 is 11.6 Å². The molecule has 0 bridgehead atoms. The second kappa shape index (κ2) is 5.64. The molecule has 1 saturated carbocycles. The number of halogens is 4. The van der Waals surface area contributed by atoms with Crippen molar-refractivity contribution in [2.45, 2.75) is 25.1 Å². The minimum Gasteiger partial charge on any atom is -0.351 e. The quantitative estimate of drug-likeness (QED) is 0.869. The Labute approximate surface area is 129 Å². The summed E-state index contributed by atoms with van der Waals surface area (Å²) in [5.74, 6) is 0.867. The Morgan fingerprint density at radius 3 is 2.64 bits per heavy atom. The lowest BCUT2D eigenvalue weighted by molar-refractivity contribution is -0.137. The first-order chi connectivity index (χ1) is 10.4. The van der Waals surface area contributed by atoms with Crippen molar-refractivity contribution in [2.24, 2.45) is 0 Å². The van der Waals surface area contributed by atoms with Crippen molar-refractivity contribution >= 4 is 29.1 Å². The van der Waals surface area contributed by atoms with Crippen LogP contribution in [-0.4, -0.2) is 16.0 Å². The average molecular weight is 329 g/mol. The van der Waals surface area contributed by atoms with Crippen molar-refractivity contribution < 1.29 is 13.2 Å². The van der Waals surface area contributed by atoms with Gasteiger partial charge in [0.1, 0.15) is 5.82 Å². The van der Waals surface area contributed by atoms with Crippen molar-refractivity contribution in [3.8, 4) is 0 Å². The van der Waals surface area contributed by atoms with Gasteiger partial charge in [-0.25, -0.2) is 4.98 Å². The lowest BCUT2D eigenvalue weighted by atomic mass is 10.2. The molecule has 0 spiro atoms. The first-order valence-corrected chi connectivity index (χ1v) is 7.03. The van der Waals surface area contributed by atoms with Crippen LogP contribution in [0.4, 0.5) is 30.6 Å². The van der Waals surface area contributed by atoms with Gasteiger partial charge >= 0.3 is 6.18 Å². The van der Waals surface area contributed by atoms with Crippen molar-refractivity contribution in [1.82, 2.24) is 9.97 Å². The number of nitrogens with zero attached hydrogens (tertiary/aromatic N) is 2. The van der Waals surface area contributed by atoms with Gasteiger partial charge in [0, 0.05) is 17.9 Å². The zero-order valence-electron chi connectivity index (χ0n) is 11.3. The van der Waals surface area contributed by atoms with Crippen LogP contribution in [0.15, 0.2) is 30.5 Å². The van der Waals surface area contributed by atoms with Gasteiger partial charge in [0.25, 0.3) is 0 Å². The van der Waals surface area contributed by atoms with E-state index in [0.29, 0.717) is 17.8 Å². The van der Waals surface area contributed by atoms with Crippen molar-refractivity contribution in [3.05, 3.63) is 41.0 Å². The molecule has 1 heterocycles. The van der Waals surface area contributed by atoms with E-state index in [-0.39, 0.29) is 10.7 Å². The van der Waals surface area contributed by atoms with Crippen molar-refractivity contribution in [3.63, 3.8) is 0 Å². The molecule has 116 valence electrons. The molecule has 1 aliphatic rings. The summed E-state index contributed by atoms with van der Waals surface area (Å²) in [5.41, 5.74) is -0.627. The number of nitrogens with one attached hydrogen (secondary N) is 2.